The number of thioether (sulfide) groups is 1. The second-order valence-electron chi connectivity index (χ2n) is 3.78. The molecule has 0 fully saturated rings. The molecule has 5 heteroatoms. The van der Waals surface area contributed by atoms with E-state index in [0.717, 1.165) is 0 Å². The van der Waals surface area contributed by atoms with E-state index >= 15 is 0 Å². The summed E-state index contributed by atoms with van der Waals surface area (Å²) in [6.07, 6.45) is 0. The van der Waals surface area contributed by atoms with Crippen molar-refractivity contribution < 1.29 is 13.2 Å². The van der Waals surface area contributed by atoms with Crippen LogP contribution < -0.4 is 0 Å². The van der Waals surface area contributed by atoms with Crippen LogP contribution in [-0.4, -0.2) is 5.51 Å². The summed E-state index contributed by atoms with van der Waals surface area (Å²) < 4.78 is 37.1. The van der Waals surface area contributed by atoms with Crippen molar-refractivity contribution in [1.29, 1.82) is 0 Å². The number of hydrogen-bond donors (Lipinski definition) is 0. The molecule has 0 amide bonds. The van der Waals surface area contributed by atoms with Crippen LogP contribution >= 0.6 is 23.4 Å². The standard InChI is InChI=1S/C11H12ClF3S/c1-7(2)10(16-11(13,14)15)8-3-5-9(12)6-4-8/h3-7,10H,1-2H3/t10-/m0/s1. The zero-order valence-electron chi connectivity index (χ0n) is 8.88. The van der Waals surface area contributed by atoms with Crippen molar-refractivity contribution in [2.75, 3.05) is 0 Å². The molecule has 1 rings (SSSR count). The number of hydrogen-bond acceptors (Lipinski definition) is 1. The van der Waals surface area contributed by atoms with Gasteiger partial charge in [-0.15, -0.1) is 0 Å². The summed E-state index contributed by atoms with van der Waals surface area (Å²) in [5.41, 5.74) is -3.56. The monoisotopic (exact) mass is 268 g/mol. The van der Waals surface area contributed by atoms with E-state index in [1.54, 1.807) is 38.1 Å². The molecule has 0 spiro atoms. The molecule has 0 aromatic heterocycles. The third-order valence-electron chi connectivity index (χ3n) is 2.06. The van der Waals surface area contributed by atoms with Crippen molar-refractivity contribution in [2.24, 2.45) is 5.92 Å². The third-order valence-corrected chi connectivity index (χ3v) is 3.65. The summed E-state index contributed by atoms with van der Waals surface area (Å²) >= 11 is 5.73. The molecular formula is C11H12ClF3S. The van der Waals surface area contributed by atoms with Crippen molar-refractivity contribution in [2.45, 2.75) is 24.6 Å². The van der Waals surface area contributed by atoms with Gasteiger partial charge < -0.3 is 0 Å². The Labute approximate surface area is 102 Å². The highest BCUT2D eigenvalue weighted by Crippen LogP contribution is 2.45. The van der Waals surface area contributed by atoms with Crippen LogP contribution in [0.15, 0.2) is 24.3 Å². The summed E-state index contributed by atoms with van der Waals surface area (Å²) in [4.78, 5) is 0. The highest BCUT2D eigenvalue weighted by molar-refractivity contribution is 8.00. The molecule has 0 aliphatic rings. The minimum Gasteiger partial charge on any atom is -0.160 e. The molecule has 16 heavy (non-hydrogen) atoms. The molecule has 90 valence electrons. The molecule has 1 aromatic carbocycles. The molecule has 1 aromatic rings. The van der Waals surface area contributed by atoms with Crippen LogP contribution in [0.3, 0.4) is 0 Å². The summed E-state index contributed by atoms with van der Waals surface area (Å²) in [6.45, 7) is 3.55. The summed E-state index contributed by atoms with van der Waals surface area (Å²) in [5.74, 6) is -0.0900. The van der Waals surface area contributed by atoms with Gasteiger partial charge in [-0.3, -0.25) is 0 Å². The molecule has 0 aliphatic carbocycles. The van der Waals surface area contributed by atoms with E-state index in [-0.39, 0.29) is 17.7 Å². The average molecular weight is 269 g/mol. The first-order valence-corrected chi connectivity index (χ1v) is 6.05. The molecule has 0 aliphatic heterocycles. The van der Waals surface area contributed by atoms with Crippen LogP contribution in [0.4, 0.5) is 13.2 Å². The van der Waals surface area contributed by atoms with Gasteiger partial charge in [-0.1, -0.05) is 37.6 Å². The number of alkyl halides is 3. The van der Waals surface area contributed by atoms with E-state index in [1.807, 2.05) is 0 Å². The van der Waals surface area contributed by atoms with Crippen molar-refractivity contribution in [3.8, 4) is 0 Å². The lowest BCUT2D eigenvalue weighted by Crippen LogP contribution is -2.10. The first-order valence-electron chi connectivity index (χ1n) is 4.79. The predicted octanol–water partition coefficient (Wildman–Crippen LogP) is 5.29. The fourth-order valence-electron chi connectivity index (χ4n) is 1.39. The maximum Gasteiger partial charge on any atom is 0.442 e. The molecule has 0 radical (unpaired) electrons. The predicted molar refractivity (Wildman–Crippen MR) is 62.7 cm³/mol. The molecule has 0 heterocycles. The van der Waals surface area contributed by atoms with Gasteiger partial charge in [0.05, 0.1) is 0 Å². The molecule has 1 atom stereocenters. The SMILES string of the molecule is CC(C)[C@H](SC(F)(F)F)c1ccc(Cl)cc1. The van der Waals surface area contributed by atoms with E-state index in [4.69, 9.17) is 11.6 Å². The van der Waals surface area contributed by atoms with Gasteiger partial charge in [0, 0.05) is 10.3 Å². The molecule has 0 saturated heterocycles. The van der Waals surface area contributed by atoms with Gasteiger partial charge in [0.2, 0.25) is 0 Å². The second-order valence-corrected chi connectivity index (χ2v) is 5.42. The number of benzene rings is 1. The third kappa shape index (κ3) is 4.26. The number of halogens is 4. The van der Waals surface area contributed by atoms with Crippen molar-refractivity contribution in [1.82, 2.24) is 0 Å². The summed E-state index contributed by atoms with van der Waals surface area (Å²) in [5, 5.41) is -0.0551. The maximum atomic E-state index is 12.4. The van der Waals surface area contributed by atoms with Crippen LogP contribution in [0.2, 0.25) is 5.02 Å². The lowest BCUT2D eigenvalue weighted by atomic mass is 10.0. The molecule has 0 nitrogen and oxygen atoms in total. The fourth-order valence-corrected chi connectivity index (χ4v) is 2.36. The van der Waals surface area contributed by atoms with E-state index in [1.165, 1.54) is 0 Å². The highest BCUT2D eigenvalue weighted by Gasteiger charge is 2.34. The van der Waals surface area contributed by atoms with Gasteiger partial charge >= 0.3 is 5.51 Å². The Morgan fingerprint density at radius 1 is 1.12 bits per heavy atom. The minimum atomic E-state index is -4.21. The Bertz CT molecular complexity index is 332. The largest absolute Gasteiger partial charge is 0.442 e. The van der Waals surface area contributed by atoms with Crippen molar-refractivity contribution >= 4 is 23.4 Å². The molecule has 0 N–H and O–H groups in total. The fraction of sp³-hybridized carbons (Fsp3) is 0.455. The van der Waals surface area contributed by atoms with Gasteiger partial charge in [0.15, 0.2) is 0 Å². The highest BCUT2D eigenvalue weighted by atomic mass is 35.5. The maximum absolute atomic E-state index is 12.4. The smallest absolute Gasteiger partial charge is 0.160 e. The van der Waals surface area contributed by atoms with Crippen LogP contribution in [0.5, 0.6) is 0 Å². The van der Waals surface area contributed by atoms with E-state index in [0.29, 0.717) is 10.6 Å². The second kappa shape index (κ2) is 5.32. The van der Waals surface area contributed by atoms with E-state index < -0.39 is 10.8 Å². The van der Waals surface area contributed by atoms with E-state index in [9.17, 15) is 13.2 Å². The Morgan fingerprint density at radius 2 is 1.62 bits per heavy atom. The minimum absolute atomic E-state index is 0.0258. The van der Waals surface area contributed by atoms with Crippen LogP contribution in [0.25, 0.3) is 0 Å². The van der Waals surface area contributed by atoms with Crippen LogP contribution in [0.1, 0.15) is 24.7 Å². The molecule has 0 unspecified atom stereocenters. The molecule has 0 saturated carbocycles. The Hall–Kier alpha value is -0.350. The average Bonchev–Trinajstić information content (AvgIpc) is 2.14. The first-order chi connectivity index (χ1) is 7.29. The lowest BCUT2D eigenvalue weighted by molar-refractivity contribution is -0.0337. The molecular weight excluding hydrogens is 257 g/mol. The zero-order chi connectivity index (χ0) is 12.3. The van der Waals surface area contributed by atoms with E-state index in [2.05, 4.69) is 0 Å². The number of rotatable bonds is 3. The quantitative estimate of drug-likeness (QED) is 0.718. The van der Waals surface area contributed by atoms with Gasteiger partial charge in [-0.25, -0.2) is 0 Å². The Balaban J connectivity index is 2.90. The lowest BCUT2D eigenvalue weighted by Gasteiger charge is -2.22. The zero-order valence-corrected chi connectivity index (χ0v) is 10.5. The topological polar surface area (TPSA) is 0 Å². The summed E-state index contributed by atoms with van der Waals surface area (Å²) in [7, 11) is 0. The van der Waals surface area contributed by atoms with Crippen molar-refractivity contribution in [3.05, 3.63) is 34.9 Å². The van der Waals surface area contributed by atoms with Crippen LogP contribution in [-0.2, 0) is 0 Å². The van der Waals surface area contributed by atoms with Gasteiger partial charge in [0.25, 0.3) is 0 Å². The first kappa shape index (κ1) is 13.7. The van der Waals surface area contributed by atoms with Crippen molar-refractivity contribution in [3.63, 3.8) is 0 Å². The summed E-state index contributed by atoms with van der Waals surface area (Å²) in [6, 6.07) is 6.52. The van der Waals surface area contributed by atoms with Gasteiger partial charge in [0.1, 0.15) is 0 Å². The Morgan fingerprint density at radius 3 is 2.00 bits per heavy atom. The Kier molecular flexibility index (Phi) is 4.56. The van der Waals surface area contributed by atoms with Crippen LogP contribution in [0, 0.1) is 5.92 Å². The normalized spacial score (nSPS) is 14.2. The molecule has 0 bridgehead atoms. The van der Waals surface area contributed by atoms with Gasteiger partial charge in [-0.05, 0) is 35.4 Å². The van der Waals surface area contributed by atoms with Gasteiger partial charge in [-0.2, -0.15) is 13.2 Å².